The van der Waals surface area contributed by atoms with E-state index in [1.54, 1.807) is 23.5 Å². The van der Waals surface area contributed by atoms with Crippen molar-refractivity contribution in [2.24, 2.45) is 9.98 Å². The van der Waals surface area contributed by atoms with Crippen molar-refractivity contribution in [3.8, 4) is 0 Å². The van der Waals surface area contributed by atoms with Gasteiger partial charge in [0.05, 0.1) is 0 Å². The minimum atomic E-state index is 1.10. The minimum absolute atomic E-state index is 1.10. The Labute approximate surface area is 108 Å². The molecule has 0 saturated carbocycles. The molecule has 1 rings (SSSR count). The zero-order valence-electron chi connectivity index (χ0n) is 7.20. The molecule has 0 aromatic carbocycles. The van der Waals surface area contributed by atoms with Crippen LogP contribution >= 0.6 is 52.0 Å². The molecule has 0 atom stereocenters. The molecule has 80 valence electrons. The standard InChI is InChI=1S/C6H10N2S2.2BrH.Ni/c1-7-5-6(8-2)10-4-3-9-5;;;/h3-4H2,1-2H3;2*1H;/q;;;+2/p-2. The molecule has 1 saturated heterocycles. The average molecular weight is 393 g/mol. The molecular formula is C6H10Br2N2NiS2. The number of halogens is 2. The predicted molar refractivity (Wildman–Crippen MR) is 69.5 cm³/mol. The molecule has 0 aliphatic carbocycles. The van der Waals surface area contributed by atoms with E-state index < -0.39 is 0 Å². The van der Waals surface area contributed by atoms with Crippen LogP contribution in [-0.4, -0.2) is 35.7 Å². The Bertz CT molecular complexity index is 179. The molecule has 1 heterocycles. The number of aliphatic imine (C=N–C) groups is 2. The van der Waals surface area contributed by atoms with Crippen LogP contribution < -0.4 is 0 Å². The Morgan fingerprint density at radius 3 is 1.62 bits per heavy atom. The topological polar surface area (TPSA) is 24.7 Å². The molecular weight excluding hydrogens is 383 g/mol. The van der Waals surface area contributed by atoms with Crippen molar-refractivity contribution in [3.63, 3.8) is 0 Å². The van der Waals surface area contributed by atoms with Gasteiger partial charge in [-0.1, -0.05) is 0 Å². The Hall–Kier alpha value is 1.49. The third-order valence-electron chi connectivity index (χ3n) is 1.15. The summed E-state index contributed by atoms with van der Waals surface area (Å²) in [4.78, 5) is 8.26. The quantitative estimate of drug-likeness (QED) is 0.591. The fourth-order valence-corrected chi connectivity index (χ4v) is 2.82. The van der Waals surface area contributed by atoms with Gasteiger partial charge in [0, 0.05) is 25.6 Å². The van der Waals surface area contributed by atoms with E-state index in [-0.39, 0.29) is 0 Å². The first kappa shape index (κ1) is 14.5. The third-order valence-corrected chi connectivity index (χ3v) is 3.65. The van der Waals surface area contributed by atoms with Crippen LogP contribution in [0.4, 0.5) is 0 Å². The van der Waals surface area contributed by atoms with Crippen molar-refractivity contribution in [1.82, 2.24) is 0 Å². The SMILES string of the molecule is CN=C1SCCSC1=NC.[Br][Ni][Br]. The van der Waals surface area contributed by atoms with E-state index in [1.807, 2.05) is 14.1 Å². The van der Waals surface area contributed by atoms with Gasteiger partial charge < -0.3 is 0 Å². The van der Waals surface area contributed by atoms with Crippen LogP contribution in [0.5, 0.6) is 0 Å². The van der Waals surface area contributed by atoms with Gasteiger partial charge in [-0.05, 0) is 0 Å². The van der Waals surface area contributed by atoms with Gasteiger partial charge in [0.1, 0.15) is 10.1 Å². The summed E-state index contributed by atoms with van der Waals surface area (Å²) in [5.74, 6) is 2.33. The molecule has 1 fully saturated rings. The molecule has 13 heavy (non-hydrogen) atoms. The van der Waals surface area contributed by atoms with Crippen molar-refractivity contribution in [2.45, 2.75) is 0 Å². The second-order valence-electron chi connectivity index (χ2n) is 1.80. The Balaban J connectivity index is 0.000000424. The van der Waals surface area contributed by atoms with Gasteiger partial charge in [0.25, 0.3) is 0 Å². The summed E-state index contributed by atoms with van der Waals surface area (Å²) in [5, 5.41) is 2.19. The van der Waals surface area contributed by atoms with Gasteiger partial charge in [-0.3, -0.25) is 9.98 Å². The van der Waals surface area contributed by atoms with Gasteiger partial charge in [0.2, 0.25) is 0 Å². The summed E-state index contributed by atoms with van der Waals surface area (Å²) in [5.41, 5.74) is 0. The number of hydrogen-bond acceptors (Lipinski definition) is 4. The van der Waals surface area contributed by atoms with Crippen molar-refractivity contribution >= 4 is 62.1 Å². The van der Waals surface area contributed by atoms with E-state index in [0.29, 0.717) is 0 Å². The van der Waals surface area contributed by atoms with E-state index in [1.165, 1.54) is 10.9 Å². The average Bonchev–Trinajstić information content (AvgIpc) is 2.19. The molecule has 0 unspecified atom stereocenters. The Morgan fingerprint density at radius 1 is 1.08 bits per heavy atom. The van der Waals surface area contributed by atoms with Gasteiger partial charge >= 0.3 is 39.3 Å². The first-order chi connectivity index (χ1) is 6.29. The molecule has 0 amide bonds. The van der Waals surface area contributed by atoms with Crippen molar-refractivity contribution in [1.29, 1.82) is 0 Å². The molecule has 1 aliphatic rings. The van der Waals surface area contributed by atoms with Gasteiger partial charge in [-0.2, -0.15) is 0 Å². The summed E-state index contributed by atoms with van der Waals surface area (Å²) in [6, 6.07) is 0. The number of nitrogens with zero attached hydrogens (tertiary/aromatic N) is 2. The number of thioether (sulfide) groups is 2. The monoisotopic (exact) mass is 390 g/mol. The molecule has 2 nitrogen and oxygen atoms in total. The maximum atomic E-state index is 4.13. The molecule has 7 heteroatoms. The molecule has 0 aromatic rings. The summed E-state index contributed by atoms with van der Waals surface area (Å²) in [6.45, 7) is 0. The van der Waals surface area contributed by atoms with Crippen LogP contribution in [0.25, 0.3) is 0 Å². The molecule has 0 spiro atoms. The zero-order chi connectivity index (χ0) is 10.1. The van der Waals surface area contributed by atoms with Crippen molar-refractivity contribution < 1.29 is 10.9 Å². The third kappa shape index (κ3) is 6.55. The van der Waals surface area contributed by atoms with Gasteiger partial charge in [-0.15, -0.1) is 23.5 Å². The fraction of sp³-hybridized carbons (Fsp3) is 0.667. The normalized spacial score (nSPS) is 23.1. The summed E-state index contributed by atoms with van der Waals surface area (Å²) in [6.07, 6.45) is 0. The zero-order valence-corrected chi connectivity index (χ0v) is 13.0. The van der Waals surface area contributed by atoms with E-state index >= 15 is 0 Å². The molecule has 1 aliphatic heterocycles. The van der Waals surface area contributed by atoms with Gasteiger partial charge in [0.15, 0.2) is 0 Å². The van der Waals surface area contributed by atoms with Crippen molar-refractivity contribution in [3.05, 3.63) is 0 Å². The molecule has 0 bridgehead atoms. The predicted octanol–water partition coefficient (Wildman–Crippen LogP) is 3.21. The van der Waals surface area contributed by atoms with Gasteiger partial charge in [-0.25, -0.2) is 0 Å². The van der Waals surface area contributed by atoms with Crippen LogP contribution in [0.3, 0.4) is 0 Å². The number of rotatable bonds is 0. The first-order valence-electron chi connectivity index (χ1n) is 3.32. The van der Waals surface area contributed by atoms with Crippen LogP contribution in [0.15, 0.2) is 9.98 Å². The Morgan fingerprint density at radius 2 is 1.38 bits per heavy atom. The maximum absolute atomic E-state index is 4.13. The second-order valence-corrected chi connectivity index (χ2v) is 8.95. The van der Waals surface area contributed by atoms with E-state index in [2.05, 4.69) is 38.4 Å². The molecule has 0 aromatic heterocycles. The molecule has 0 N–H and O–H groups in total. The second kappa shape index (κ2) is 10.0. The van der Waals surface area contributed by atoms with E-state index in [4.69, 9.17) is 0 Å². The van der Waals surface area contributed by atoms with Crippen LogP contribution in [-0.2, 0) is 10.9 Å². The van der Waals surface area contributed by atoms with Crippen LogP contribution in [0.1, 0.15) is 0 Å². The first-order valence-corrected chi connectivity index (χ1v) is 10.2. The Kier molecular flexibility index (Phi) is 11.2. The van der Waals surface area contributed by atoms with Crippen LogP contribution in [0, 0.1) is 0 Å². The molecule has 0 radical (unpaired) electrons. The fourth-order valence-electron chi connectivity index (χ4n) is 0.721. The van der Waals surface area contributed by atoms with Crippen molar-refractivity contribution in [2.75, 3.05) is 25.6 Å². The van der Waals surface area contributed by atoms with E-state index in [9.17, 15) is 0 Å². The summed E-state index contributed by atoms with van der Waals surface area (Å²) < 4.78 is 0. The van der Waals surface area contributed by atoms with Crippen LogP contribution in [0.2, 0.25) is 0 Å². The number of hydrogen-bond donors (Lipinski definition) is 0. The van der Waals surface area contributed by atoms with E-state index in [0.717, 1.165) is 21.6 Å². The summed E-state index contributed by atoms with van der Waals surface area (Å²) >= 11 is 9.59. The summed E-state index contributed by atoms with van der Waals surface area (Å²) in [7, 11) is 4.89.